The lowest BCUT2D eigenvalue weighted by atomic mass is 9.97. The number of carboxylic acids is 1. The number of carbonyl (C=O) groups is 1. The molecule has 2 aromatic heterocycles. The largest absolute Gasteiger partial charge is 0.480 e. The lowest BCUT2D eigenvalue weighted by Gasteiger charge is -2.15. The smallest absolute Gasteiger partial charge is 0.328 e. The van der Waals surface area contributed by atoms with Gasteiger partial charge in [0, 0.05) is 4.88 Å². The van der Waals surface area contributed by atoms with Gasteiger partial charge in [0.25, 0.3) is 0 Å². The number of rotatable bonds is 4. The van der Waals surface area contributed by atoms with Gasteiger partial charge in [-0.2, -0.15) is 0 Å². The van der Waals surface area contributed by atoms with Crippen LogP contribution in [0, 0.1) is 0 Å². The normalized spacial score (nSPS) is 15.8. The molecule has 1 atom stereocenters. The van der Waals surface area contributed by atoms with Gasteiger partial charge in [-0.15, -0.1) is 11.3 Å². The van der Waals surface area contributed by atoms with E-state index in [-0.39, 0.29) is 0 Å². The van der Waals surface area contributed by atoms with E-state index in [1.165, 1.54) is 23.2 Å². The first-order valence-corrected chi connectivity index (χ1v) is 7.38. The van der Waals surface area contributed by atoms with Gasteiger partial charge < -0.3 is 15.5 Å². The molecule has 2 aromatic rings. The van der Waals surface area contributed by atoms with Crippen LogP contribution in [-0.4, -0.2) is 38.8 Å². The quantitative estimate of drug-likeness (QED) is 0.789. The Bertz CT molecular complexity index is 656. The second kappa shape index (κ2) is 5.34. The summed E-state index contributed by atoms with van der Waals surface area (Å²) < 4.78 is 0. The number of carboxylic acid groups (broad SMARTS) is 1. The molecule has 0 amide bonds. The number of anilines is 1. The maximum Gasteiger partial charge on any atom is 0.328 e. The third kappa shape index (κ3) is 2.23. The number of hydrogen-bond acceptors (Lipinski definition) is 6. The highest BCUT2D eigenvalue weighted by molar-refractivity contribution is 7.19. The van der Waals surface area contributed by atoms with Crippen molar-refractivity contribution in [2.24, 2.45) is 0 Å². The Labute approximate surface area is 119 Å². The van der Waals surface area contributed by atoms with Crippen LogP contribution in [-0.2, 0) is 17.6 Å². The van der Waals surface area contributed by atoms with Crippen LogP contribution in [0.25, 0.3) is 10.2 Å². The molecule has 0 aliphatic heterocycles. The van der Waals surface area contributed by atoms with Crippen molar-refractivity contribution in [2.75, 3.05) is 11.9 Å². The summed E-state index contributed by atoms with van der Waals surface area (Å²) in [6.45, 7) is -0.479. The number of aliphatic hydroxyl groups excluding tert-OH is 1. The molecule has 0 saturated heterocycles. The van der Waals surface area contributed by atoms with Gasteiger partial charge in [0.2, 0.25) is 0 Å². The first kappa shape index (κ1) is 13.3. The highest BCUT2D eigenvalue weighted by atomic mass is 32.1. The van der Waals surface area contributed by atoms with Gasteiger partial charge in [0.1, 0.15) is 23.0 Å². The van der Waals surface area contributed by atoms with E-state index < -0.39 is 18.6 Å². The van der Waals surface area contributed by atoms with Crippen molar-refractivity contribution in [1.82, 2.24) is 9.97 Å². The number of aliphatic carboxylic acids is 1. The van der Waals surface area contributed by atoms with Crippen LogP contribution in [0.5, 0.6) is 0 Å². The van der Waals surface area contributed by atoms with Gasteiger partial charge >= 0.3 is 5.97 Å². The molecule has 0 fully saturated rings. The van der Waals surface area contributed by atoms with Crippen LogP contribution in [0.15, 0.2) is 6.33 Å². The summed E-state index contributed by atoms with van der Waals surface area (Å²) in [4.78, 5) is 21.7. The standard InChI is InChI=1S/C13H15N3O3S/c17-5-8(13(18)19)16-11-10-7-3-1-2-4-9(7)20-12(10)15-6-14-11/h6,8,17H,1-5H2,(H,18,19)(H,14,15,16)/t8-/m0/s1. The molecule has 20 heavy (non-hydrogen) atoms. The summed E-state index contributed by atoms with van der Waals surface area (Å²) in [5.74, 6) is -0.584. The predicted molar refractivity (Wildman–Crippen MR) is 76.2 cm³/mol. The van der Waals surface area contributed by atoms with E-state index in [9.17, 15) is 4.79 Å². The fourth-order valence-corrected chi connectivity index (χ4v) is 3.78. The third-order valence-corrected chi connectivity index (χ3v) is 4.74. The Kier molecular flexibility index (Phi) is 3.54. The molecule has 0 spiro atoms. The number of aryl methyl sites for hydroxylation is 2. The molecule has 2 heterocycles. The number of fused-ring (bicyclic) bond motifs is 3. The van der Waals surface area contributed by atoms with E-state index in [0.717, 1.165) is 29.5 Å². The highest BCUT2D eigenvalue weighted by Crippen LogP contribution is 2.38. The van der Waals surface area contributed by atoms with Gasteiger partial charge in [0.15, 0.2) is 0 Å². The predicted octanol–water partition coefficient (Wildman–Crippen LogP) is 1.43. The Morgan fingerprint density at radius 1 is 1.40 bits per heavy atom. The minimum absolute atomic E-state index is 0.479. The molecular formula is C13H15N3O3S. The monoisotopic (exact) mass is 293 g/mol. The molecule has 6 nitrogen and oxygen atoms in total. The lowest BCUT2D eigenvalue weighted by molar-refractivity contribution is -0.138. The Hall–Kier alpha value is -1.73. The zero-order chi connectivity index (χ0) is 14.1. The summed E-state index contributed by atoms with van der Waals surface area (Å²) in [6, 6.07) is -1.05. The van der Waals surface area contributed by atoms with Crippen LogP contribution < -0.4 is 5.32 Å². The number of aromatic nitrogens is 2. The van der Waals surface area contributed by atoms with Crippen LogP contribution in [0.1, 0.15) is 23.3 Å². The summed E-state index contributed by atoms with van der Waals surface area (Å²) in [7, 11) is 0. The van der Waals surface area contributed by atoms with E-state index in [4.69, 9.17) is 10.2 Å². The van der Waals surface area contributed by atoms with Crippen LogP contribution in [0.2, 0.25) is 0 Å². The molecule has 0 saturated carbocycles. The fraction of sp³-hybridized carbons (Fsp3) is 0.462. The first-order valence-electron chi connectivity index (χ1n) is 6.56. The van der Waals surface area contributed by atoms with Crippen molar-refractivity contribution in [3.05, 3.63) is 16.8 Å². The minimum Gasteiger partial charge on any atom is -0.480 e. The van der Waals surface area contributed by atoms with Crippen molar-refractivity contribution < 1.29 is 15.0 Å². The van der Waals surface area contributed by atoms with Gasteiger partial charge in [0.05, 0.1) is 12.0 Å². The second-order valence-electron chi connectivity index (χ2n) is 4.83. The number of aliphatic hydroxyl groups is 1. The maximum atomic E-state index is 11.0. The summed E-state index contributed by atoms with van der Waals surface area (Å²) >= 11 is 1.66. The molecule has 7 heteroatoms. The van der Waals surface area contributed by atoms with E-state index >= 15 is 0 Å². The zero-order valence-corrected chi connectivity index (χ0v) is 11.6. The molecule has 3 N–H and O–H groups in total. The van der Waals surface area contributed by atoms with Crippen LogP contribution >= 0.6 is 11.3 Å². The Balaban J connectivity index is 2.06. The molecule has 0 bridgehead atoms. The topological polar surface area (TPSA) is 95.3 Å². The number of nitrogens with zero attached hydrogens (tertiary/aromatic N) is 2. The van der Waals surface area contributed by atoms with Gasteiger partial charge in [-0.1, -0.05) is 0 Å². The van der Waals surface area contributed by atoms with Gasteiger partial charge in [-0.05, 0) is 31.2 Å². The van der Waals surface area contributed by atoms with E-state index in [2.05, 4.69) is 15.3 Å². The summed E-state index contributed by atoms with van der Waals surface area (Å²) in [6.07, 6.45) is 5.79. The molecule has 0 aromatic carbocycles. The lowest BCUT2D eigenvalue weighted by Crippen LogP contribution is -2.33. The number of thiophene rings is 1. The van der Waals surface area contributed by atoms with Crippen molar-refractivity contribution in [2.45, 2.75) is 31.7 Å². The molecular weight excluding hydrogens is 278 g/mol. The highest BCUT2D eigenvalue weighted by Gasteiger charge is 2.23. The van der Waals surface area contributed by atoms with Crippen molar-refractivity contribution in [3.8, 4) is 0 Å². The first-order chi connectivity index (χ1) is 9.70. The van der Waals surface area contributed by atoms with Crippen LogP contribution in [0.3, 0.4) is 0 Å². The number of nitrogens with one attached hydrogen (secondary N) is 1. The van der Waals surface area contributed by atoms with E-state index in [1.54, 1.807) is 11.3 Å². The molecule has 0 radical (unpaired) electrons. The molecule has 0 unspecified atom stereocenters. The summed E-state index contributed by atoms with van der Waals surface area (Å²) in [5, 5.41) is 21.9. The maximum absolute atomic E-state index is 11.0. The van der Waals surface area contributed by atoms with Crippen LogP contribution in [0.4, 0.5) is 5.82 Å². The SMILES string of the molecule is O=C(O)[C@H](CO)Nc1ncnc2sc3c(c12)CCCC3. The van der Waals surface area contributed by atoms with E-state index in [1.807, 2.05) is 0 Å². The van der Waals surface area contributed by atoms with Crippen molar-refractivity contribution in [1.29, 1.82) is 0 Å². The third-order valence-electron chi connectivity index (χ3n) is 3.54. The van der Waals surface area contributed by atoms with Crippen molar-refractivity contribution in [3.63, 3.8) is 0 Å². The zero-order valence-electron chi connectivity index (χ0n) is 10.8. The molecule has 106 valence electrons. The van der Waals surface area contributed by atoms with E-state index in [0.29, 0.717) is 5.82 Å². The Morgan fingerprint density at radius 2 is 2.20 bits per heavy atom. The average molecular weight is 293 g/mol. The average Bonchev–Trinajstić information content (AvgIpc) is 2.83. The fourth-order valence-electron chi connectivity index (χ4n) is 2.55. The van der Waals surface area contributed by atoms with Crippen molar-refractivity contribution >= 4 is 33.3 Å². The summed E-state index contributed by atoms with van der Waals surface area (Å²) in [5.41, 5.74) is 1.24. The number of hydrogen-bond donors (Lipinski definition) is 3. The molecule has 1 aliphatic carbocycles. The molecule has 1 aliphatic rings. The van der Waals surface area contributed by atoms with Gasteiger partial charge in [-0.3, -0.25) is 0 Å². The minimum atomic E-state index is -1.09. The molecule has 3 rings (SSSR count). The second-order valence-corrected chi connectivity index (χ2v) is 5.91. The Morgan fingerprint density at radius 3 is 2.95 bits per heavy atom. The van der Waals surface area contributed by atoms with Gasteiger partial charge in [-0.25, -0.2) is 14.8 Å².